The Hall–Kier alpha value is -3.92. The molecule has 3 heterocycles. The number of benzene rings is 3. The summed E-state index contributed by atoms with van der Waals surface area (Å²) in [5.74, 6) is 3.75. The molecule has 57 heavy (non-hydrogen) atoms. The molecule has 0 saturated heterocycles. The molecule has 4 aliphatic rings. The summed E-state index contributed by atoms with van der Waals surface area (Å²) in [6, 6.07) is 16.9. The van der Waals surface area contributed by atoms with E-state index in [1.165, 1.54) is 71.0 Å². The molecule has 1 N–H and O–H groups in total. The van der Waals surface area contributed by atoms with Crippen LogP contribution < -0.4 is 5.32 Å². The van der Waals surface area contributed by atoms with Gasteiger partial charge >= 0.3 is 0 Å². The number of nitrogens with one attached hydrogen (secondary N) is 1. The Morgan fingerprint density at radius 3 is 2.12 bits per heavy atom. The minimum atomic E-state index is 0.423. The van der Waals surface area contributed by atoms with Crippen LogP contribution in [0, 0.1) is 23.7 Å². The van der Waals surface area contributed by atoms with E-state index in [9.17, 15) is 0 Å². The molecular formula is C54H63NS2. The first kappa shape index (κ1) is 41.2. The molecule has 2 atom stereocenters. The second-order valence-corrected chi connectivity index (χ2v) is 20.6. The molecule has 0 saturated carbocycles. The van der Waals surface area contributed by atoms with Crippen molar-refractivity contribution in [3.05, 3.63) is 161 Å². The third kappa shape index (κ3) is 9.86. The van der Waals surface area contributed by atoms with Gasteiger partial charge in [-0.3, -0.25) is 0 Å². The summed E-state index contributed by atoms with van der Waals surface area (Å²) in [5.41, 5.74) is 18.1. The van der Waals surface area contributed by atoms with Gasteiger partial charge in [0.25, 0.3) is 0 Å². The van der Waals surface area contributed by atoms with E-state index < -0.39 is 0 Å². The SMILES string of the molecule is C=C1/C=C\C(c2cc(CC(C)C)cc3c2SC2C=CC(CC(C)C)=CC32)=C/Cc2cc(-c3cc(CC(C)C)cc4c3SC/C=C\C(CC(C)C)=C/C4=C)ccc2N1. The largest absolute Gasteiger partial charge is 0.356 e. The molecule has 3 heteroatoms. The molecule has 0 aromatic heterocycles. The van der Waals surface area contributed by atoms with Crippen LogP contribution in [0.2, 0.25) is 0 Å². The van der Waals surface area contributed by atoms with Crippen molar-refractivity contribution in [1.82, 2.24) is 0 Å². The van der Waals surface area contributed by atoms with Crippen molar-refractivity contribution < 1.29 is 0 Å². The first-order valence-electron chi connectivity index (χ1n) is 21.4. The fourth-order valence-corrected chi connectivity index (χ4v) is 11.3. The minimum absolute atomic E-state index is 0.423. The molecule has 7 rings (SSSR count). The van der Waals surface area contributed by atoms with Gasteiger partial charge in [-0.2, -0.15) is 0 Å². The lowest BCUT2D eigenvalue weighted by Crippen LogP contribution is -2.10. The van der Waals surface area contributed by atoms with Crippen LogP contribution in [0.4, 0.5) is 5.69 Å². The molecule has 296 valence electrons. The van der Waals surface area contributed by atoms with E-state index in [-0.39, 0.29) is 0 Å². The Bertz CT molecular complexity index is 2230. The lowest BCUT2D eigenvalue weighted by atomic mass is 9.84. The van der Waals surface area contributed by atoms with Crippen LogP contribution in [-0.2, 0) is 19.3 Å². The van der Waals surface area contributed by atoms with E-state index in [1.807, 2.05) is 11.8 Å². The smallest absolute Gasteiger partial charge is 0.0420 e. The van der Waals surface area contributed by atoms with Gasteiger partial charge in [-0.25, -0.2) is 0 Å². The van der Waals surface area contributed by atoms with E-state index in [0.29, 0.717) is 34.8 Å². The van der Waals surface area contributed by atoms with Crippen LogP contribution in [0.15, 0.2) is 137 Å². The Morgan fingerprint density at radius 1 is 0.702 bits per heavy atom. The zero-order chi connectivity index (χ0) is 40.4. The highest BCUT2D eigenvalue weighted by Gasteiger charge is 2.35. The van der Waals surface area contributed by atoms with Crippen LogP contribution in [0.25, 0.3) is 22.3 Å². The standard InChI is InChI=1S/C54H63NS2/c1-33(2)22-39-12-11-21-56-53-46(37(9)26-39)28-41(24-35(5)6)30-48(53)44-18-19-51-45(32-44)17-16-43(15-13-38(10)55-51)47-29-42(25-36(7)8)31-50-49-27-40(23-34(3)4)14-20-52(49)57-54(47)50/h11-16,18-20,26-36,49,52,55H,9-10,17,21-25H2,1-8H3/b12-11-,15-13-,39-26+,43-16+. The molecule has 0 spiro atoms. The molecule has 1 aliphatic carbocycles. The van der Waals surface area contributed by atoms with Gasteiger partial charge in [-0.1, -0.05) is 147 Å². The summed E-state index contributed by atoms with van der Waals surface area (Å²) in [6.07, 6.45) is 26.5. The Balaban J connectivity index is 1.31. The molecule has 0 radical (unpaired) electrons. The van der Waals surface area contributed by atoms with Gasteiger partial charge in [-0.05, 0) is 141 Å². The van der Waals surface area contributed by atoms with Crippen molar-refractivity contribution in [3.63, 3.8) is 0 Å². The van der Waals surface area contributed by atoms with Crippen molar-refractivity contribution in [3.8, 4) is 11.1 Å². The summed E-state index contributed by atoms with van der Waals surface area (Å²) in [6.45, 7) is 27.7. The number of rotatable bonds is 10. The molecule has 3 aliphatic heterocycles. The van der Waals surface area contributed by atoms with Crippen LogP contribution in [-0.4, -0.2) is 11.0 Å². The number of thioether (sulfide) groups is 2. The summed E-state index contributed by atoms with van der Waals surface area (Å²) in [4.78, 5) is 2.77. The van der Waals surface area contributed by atoms with Crippen LogP contribution >= 0.6 is 23.5 Å². The third-order valence-electron chi connectivity index (χ3n) is 11.2. The summed E-state index contributed by atoms with van der Waals surface area (Å²) in [7, 11) is 0. The second-order valence-electron chi connectivity index (χ2n) is 18.4. The maximum atomic E-state index is 4.68. The average Bonchev–Trinajstić information content (AvgIpc) is 3.55. The van der Waals surface area contributed by atoms with Gasteiger partial charge in [0.15, 0.2) is 0 Å². The van der Waals surface area contributed by atoms with E-state index in [4.69, 9.17) is 0 Å². The second kappa shape index (κ2) is 17.9. The van der Waals surface area contributed by atoms with Gasteiger partial charge in [0, 0.05) is 38.1 Å². The molecule has 0 amide bonds. The maximum absolute atomic E-state index is 4.68. The van der Waals surface area contributed by atoms with Gasteiger partial charge in [0.05, 0.1) is 0 Å². The maximum Gasteiger partial charge on any atom is 0.0420 e. The Morgan fingerprint density at radius 2 is 1.39 bits per heavy atom. The lowest BCUT2D eigenvalue weighted by Gasteiger charge is -2.20. The molecule has 2 unspecified atom stereocenters. The Labute approximate surface area is 353 Å². The fraction of sp³-hybridized carbons (Fsp3) is 0.370. The van der Waals surface area contributed by atoms with Gasteiger partial charge in [0.2, 0.25) is 0 Å². The minimum Gasteiger partial charge on any atom is -0.356 e. The molecule has 1 nitrogen and oxygen atoms in total. The van der Waals surface area contributed by atoms with Crippen molar-refractivity contribution in [2.24, 2.45) is 23.7 Å². The number of fused-ring (bicyclic) bond motifs is 5. The highest BCUT2D eigenvalue weighted by molar-refractivity contribution is 8.00. The molecule has 3 aromatic carbocycles. The van der Waals surface area contributed by atoms with Crippen molar-refractivity contribution >= 4 is 40.4 Å². The van der Waals surface area contributed by atoms with Crippen LogP contribution in [0.5, 0.6) is 0 Å². The molecule has 3 aromatic rings. The van der Waals surface area contributed by atoms with Gasteiger partial charge in [-0.15, -0.1) is 23.5 Å². The molecule has 0 fully saturated rings. The highest BCUT2D eigenvalue weighted by atomic mass is 32.2. The number of anilines is 1. The fourth-order valence-electron chi connectivity index (χ4n) is 8.85. The summed E-state index contributed by atoms with van der Waals surface area (Å²) >= 11 is 4.00. The third-order valence-corrected chi connectivity index (χ3v) is 13.7. The summed E-state index contributed by atoms with van der Waals surface area (Å²) in [5, 5.41) is 4.13. The normalized spacial score (nSPS) is 22.1. The van der Waals surface area contributed by atoms with E-state index in [1.54, 1.807) is 0 Å². The number of hydrogen-bond donors (Lipinski definition) is 1. The molecule has 0 bridgehead atoms. The van der Waals surface area contributed by atoms with Crippen molar-refractivity contribution in [2.45, 2.75) is 108 Å². The topological polar surface area (TPSA) is 12.0 Å². The monoisotopic (exact) mass is 789 g/mol. The van der Waals surface area contributed by atoms with Crippen LogP contribution in [0.1, 0.15) is 108 Å². The number of allylic oxidation sites excluding steroid dienone is 11. The van der Waals surface area contributed by atoms with E-state index in [0.717, 1.165) is 54.8 Å². The van der Waals surface area contributed by atoms with Crippen molar-refractivity contribution in [2.75, 3.05) is 11.1 Å². The zero-order valence-electron chi connectivity index (χ0n) is 35.7. The van der Waals surface area contributed by atoms with Gasteiger partial charge < -0.3 is 5.32 Å². The summed E-state index contributed by atoms with van der Waals surface area (Å²) < 4.78 is 0. The quantitative estimate of drug-likeness (QED) is 0.220. The predicted molar refractivity (Wildman–Crippen MR) is 254 cm³/mol. The highest BCUT2D eigenvalue weighted by Crippen LogP contribution is 2.53. The van der Waals surface area contributed by atoms with E-state index >= 15 is 0 Å². The Kier molecular flexibility index (Phi) is 13.0. The van der Waals surface area contributed by atoms with E-state index in [2.05, 4.69) is 183 Å². The van der Waals surface area contributed by atoms with Gasteiger partial charge in [0.1, 0.15) is 0 Å². The zero-order valence-corrected chi connectivity index (χ0v) is 37.3. The van der Waals surface area contributed by atoms with Crippen LogP contribution in [0.3, 0.4) is 0 Å². The first-order chi connectivity index (χ1) is 27.3. The predicted octanol–water partition coefficient (Wildman–Crippen LogP) is 15.6. The first-order valence-corrected chi connectivity index (χ1v) is 23.2. The molecular weight excluding hydrogens is 727 g/mol. The average molecular weight is 790 g/mol. The lowest BCUT2D eigenvalue weighted by molar-refractivity contribution is 0.641. The number of hydrogen-bond acceptors (Lipinski definition) is 3. The van der Waals surface area contributed by atoms with Crippen molar-refractivity contribution in [1.29, 1.82) is 0 Å².